The molecule has 7 heteroatoms. The lowest BCUT2D eigenvalue weighted by atomic mass is 10.0. The molecule has 1 aliphatic heterocycles. The quantitative estimate of drug-likeness (QED) is 0.861. The molecule has 3 rings (SSSR count). The van der Waals surface area contributed by atoms with E-state index in [1.165, 1.54) is 6.07 Å². The number of carbonyl (C=O) groups is 2. The van der Waals surface area contributed by atoms with Crippen molar-refractivity contribution in [1.82, 2.24) is 5.32 Å². The number of hydrogen-bond acceptors (Lipinski definition) is 3. The van der Waals surface area contributed by atoms with Gasteiger partial charge in [0.05, 0.1) is 17.8 Å². The molecular formula is C16H13BrFN3O2. The van der Waals surface area contributed by atoms with Crippen LogP contribution in [0.4, 0.5) is 10.1 Å². The highest BCUT2D eigenvalue weighted by molar-refractivity contribution is 9.10. The molecule has 0 saturated heterocycles. The zero-order valence-corrected chi connectivity index (χ0v) is 13.5. The fourth-order valence-electron chi connectivity index (χ4n) is 2.65. The Bertz CT molecular complexity index is 797. The molecule has 23 heavy (non-hydrogen) atoms. The van der Waals surface area contributed by atoms with Gasteiger partial charge in [-0.3, -0.25) is 9.59 Å². The molecular weight excluding hydrogens is 365 g/mol. The molecule has 2 amide bonds. The summed E-state index contributed by atoms with van der Waals surface area (Å²) in [5.74, 6) is -1.38. The number of hydrogen-bond donors (Lipinski definition) is 2. The highest BCUT2D eigenvalue weighted by Gasteiger charge is 2.33. The highest BCUT2D eigenvalue weighted by atomic mass is 79.9. The lowest BCUT2D eigenvalue weighted by Crippen LogP contribution is -2.49. The van der Waals surface area contributed by atoms with Crippen molar-refractivity contribution in [3.05, 3.63) is 63.9 Å². The van der Waals surface area contributed by atoms with Crippen molar-refractivity contribution in [1.29, 1.82) is 0 Å². The predicted molar refractivity (Wildman–Crippen MR) is 87.3 cm³/mol. The van der Waals surface area contributed by atoms with Crippen LogP contribution in [0.15, 0.2) is 46.9 Å². The summed E-state index contributed by atoms with van der Waals surface area (Å²) in [5, 5.41) is 2.73. The molecule has 5 nitrogen and oxygen atoms in total. The topological polar surface area (TPSA) is 75.4 Å². The smallest absolute Gasteiger partial charge is 0.255 e. The molecule has 0 saturated carbocycles. The summed E-state index contributed by atoms with van der Waals surface area (Å²) in [6.07, 6.45) is -0.817. The number of nitrogens with one attached hydrogen (secondary N) is 1. The van der Waals surface area contributed by atoms with Gasteiger partial charge in [-0.2, -0.15) is 0 Å². The largest absolute Gasteiger partial charge is 0.368 e. The summed E-state index contributed by atoms with van der Waals surface area (Å²) in [5.41, 5.74) is 6.54. The molecule has 0 fully saturated rings. The molecule has 0 radical (unpaired) electrons. The number of halogens is 2. The van der Waals surface area contributed by atoms with E-state index in [0.29, 0.717) is 15.7 Å². The van der Waals surface area contributed by atoms with Crippen LogP contribution in [0.2, 0.25) is 0 Å². The van der Waals surface area contributed by atoms with Crippen LogP contribution in [0.5, 0.6) is 0 Å². The Kier molecular flexibility index (Phi) is 4.04. The van der Waals surface area contributed by atoms with Gasteiger partial charge in [0, 0.05) is 10.0 Å². The van der Waals surface area contributed by atoms with Crippen LogP contribution in [0.25, 0.3) is 0 Å². The summed E-state index contributed by atoms with van der Waals surface area (Å²) in [6, 6.07) is 11.3. The van der Waals surface area contributed by atoms with Crippen molar-refractivity contribution in [3.8, 4) is 0 Å². The second kappa shape index (κ2) is 6.00. The van der Waals surface area contributed by atoms with Crippen LogP contribution in [-0.4, -0.2) is 18.4 Å². The van der Waals surface area contributed by atoms with E-state index in [2.05, 4.69) is 21.2 Å². The molecule has 0 bridgehead atoms. The first-order valence-corrected chi connectivity index (χ1v) is 7.66. The Morgan fingerprint density at radius 3 is 2.78 bits per heavy atom. The maximum atomic E-state index is 14.3. The minimum absolute atomic E-state index is 0.145. The summed E-state index contributed by atoms with van der Waals surface area (Å²) in [7, 11) is 0. The number of primary amides is 1. The van der Waals surface area contributed by atoms with Gasteiger partial charge in [-0.05, 0) is 30.3 Å². The minimum Gasteiger partial charge on any atom is -0.368 e. The third-order valence-corrected chi connectivity index (χ3v) is 4.11. The van der Waals surface area contributed by atoms with Gasteiger partial charge < -0.3 is 16.0 Å². The van der Waals surface area contributed by atoms with Gasteiger partial charge in [0.2, 0.25) is 5.91 Å². The lowest BCUT2D eigenvalue weighted by Gasteiger charge is -2.38. The SMILES string of the molecule is NC(=O)CN1c2ccccc2C(=O)NC1c1cc(Br)ccc1F. The van der Waals surface area contributed by atoms with Gasteiger partial charge >= 0.3 is 0 Å². The van der Waals surface area contributed by atoms with E-state index in [4.69, 9.17) is 5.73 Å². The maximum absolute atomic E-state index is 14.3. The van der Waals surface area contributed by atoms with E-state index in [1.807, 2.05) is 0 Å². The molecule has 0 aliphatic carbocycles. The number of fused-ring (bicyclic) bond motifs is 1. The average molecular weight is 378 g/mol. The standard InChI is InChI=1S/C16H13BrFN3O2/c17-9-5-6-12(18)11(7-9)15-20-16(23)10-3-1-2-4-13(10)21(15)8-14(19)22/h1-7,15H,8H2,(H2,19,22)(H,20,23). The second-order valence-electron chi connectivity index (χ2n) is 5.15. The van der Waals surface area contributed by atoms with Crippen molar-refractivity contribution in [3.63, 3.8) is 0 Å². The Labute approximate surface area is 140 Å². The maximum Gasteiger partial charge on any atom is 0.255 e. The summed E-state index contributed by atoms with van der Waals surface area (Å²) >= 11 is 3.29. The Morgan fingerprint density at radius 1 is 1.30 bits per heavy atom. The van der Waals surface area contributed by atoms with E-state index in [0.717, 1.165) is 0 Å². The normalized spacial score (nSPS) is 16.7. The molecule has 118 valence electrons. The van der Waals surface area contributed by atoms with E-state index in [-0.39, 0.29) is 18.0 Å². The second-order valence-corrected chi connectivity index (χ2v) is 6.07. The molecule has 0 spiro atoms. The van der Waals surface area contributed by atoms with E-state index in [1.54, 1.807) is 41.3 Å². The summed E-state index contributed by atoms with van der Waals surface area (Å²) in [4.78, 5) is 25.3. The molecule has 1 heterocycles. The Hall–Kier alpha value is -2.41. The molecule has 3 N–H and O–H groups in total. The van der Waals surface area contributed by atoms with Crippen molar-refractivity contribution in [2.75, 3.05) is 11.4 Å². The molecule has 0 aromatic heterocycles. The van der Waals surface area contributed by atoms with E-state index < -0.39 is 17.9 Å². The van der Waals surface area contributed by atoms with Crippen LogP contribution >= 0.6 is 15.9 Å². The molecule has 1 aliphatic rings. The minimum atomic E-state index is -0.817. The van der Waals surface area contributed by atoms with Crippen molar-refractivity contribution in [2.24, 2.45) is 5.73 Å². The summed E-state index contributed by atoms with van der Waals surface area (Å²) < 4.78 is 14.9. The first-order chi connectivity index (χ1) is 11.0. The third-order valence-electron chi connectivity index (χ3n) is 3.62. The van der Waals surface area contributed by atoms with Gasteiger partial charge in [-0.15, -0.1) is 0 Å². The van der Waals surface area contributed by atoms with E-state index in [9.17, 15) is 14.0 Å². The molecule has 2 aromatic carbocycles. The number of nitrogens with zero attached hydrogens (tertiary/aromatic N) is 1. The number of para-hydroxylation sites is 1. The highest BCUT2D eigenvalue weighted by Crippen LogP contribution is 2.34. The van der Waals surface area contributed by atoms with Crippen LogP contribution < -0.4 is 16.0 Å². The fraction of sp³-hybridized carbons (Fsp3) is 0.125. The number of amides is 2. The van der Waals surface area contributed by atoms with Crippen molar-refractivity contribution >= 4 is 33.4 Å². The number of rotatable bonds is 3. The zero-order valence-electron chi connectivity index (χ0n) is 11.9. The number of nitrogens with two attached hydrogens (primary N) is 1. The van der Waals surface area contributed by atoms with Crippen molar-refractivity contribution in [2.45, 2.75) is 6.17 Å². The Balaban J connectivity index is 2.14. The van der Waals surface area contributed by atoms with Crippen LogP contribution in [0.1, 0.15) is 22.1 Å². The first-order valence-electron chi connectivity index (χ1n) is 6.87. The average Bonchev–Trinajstić information content (AvgIpc) is 2.52. The predicted octanol–water partition coefficient (Wildman–Crippen LogP) is 2.32. The van der Waals surface area contributed by atoms with Crippen LogP contribution in [-0.2, 0) is 4.79 Å². The van der Waals surface area contributed by atoms with Gasteiger partial charge in [0.1, 0.15) is 12.0 Å². The number of anilines is 1. The van der Waals surface area contributed by atoms with Gasteiger partial charge in [0.25, 0.3) is 5.91 Å². The van der Waals surface area contributed by atoms with Gasteiger partial charge in [-0.1, -0.05) is 28.1 Å². The van der Waals surface area contributed by atoms with Gasteiger partial charge in [-0.25, -0.2) is 4.39 Å². The molecule has 1 atom stereocenters. The number of benzene rings is 2. The zero-order chi connectivity index (χ0) is 16.6. The summed E-state index contributed by atoms with van der Waals surface area (Å²) in [6.45, 7) is -0.145. The van der Waals surface area contributed by atoms with E-state index >= 15 is 0 Å². The molecule has 1 unspecified atom stereocenters. The van der Waals surface area contributed by atoms with Crippen LogP contribution in [0, 0.1) is 5.82 Å². The molecule has 2 aromatic rings. The first kappa shape index (κ1) is 15.5. The van der Waals surface area contributed by atoms with Crippen LogP contribution in [0.3, 0.4) is 0 Å². The third kappa shape index (κ3) is 2.92. The Morgan fingerprint density at radius 2 is 2.04 bits per heavy atom. The lowest BCUT2D eigenvalue weighted by molar-refractivity contribution is -0.116. The van der Waals surface area contributed by atoms with Crippen molar-refractivity contribution < 1.29 is 14.0 Å². The van der Waals surface area contributed by atoms with Gasteiger partial charge in [0.15, 0.2) is 0 Å². The number of carbonyl (C=O) groups excluding carboxylic acids is 2. The fourth-order valence-corrected chi connectivity index (χ4v) is 3.03. The monoisotopic (exact) mass is 377 g/mol.